The molecular formula is C24H39FN5O10PS2. The van der Waals surface area contributed by atoms with Crippen molar-refractivity contribution in [3.63, 3.8) is 0 Å². The van der Waals surface area contributed by atoms with Gasteiger partial charge in [0.2, 0.25) is 0 Å². The van der Waals surface area contributed by atoms with E-state index >= 15 is 4.39 Å². The van der Waals surface area contributed by atoms with Crippen LogP contribution in [0.2, 0.25) is 0 Å². The number of halogens is 1. The smallest absolute Gasteiger partial charge is 0.387 e. The molecule has 3 atom stereocenters. The van der Waals surface area contributed by atoms with Crippen molar-refractivity contribution in [3.05, 3.63) is 43.5 Å². The maximum absolute atomic E-state index is 15.5. The lowest BCUT2D eigenvalue weighted by atomic mass is 9.99. The van der Waals surface area contributed by atoms with Crippen molar-refractivity contribution in [2.45, 2.75) is 60.0 Å². The molecule has 0 aromatic carbocycles. The highest BCUT2D eigenvalue weighted by Crippen LogP contribution is 2.50. The number of aliphatic hydroxyl groups is 1. The van der Waals surface area contributed by atoms with Gasteiger partial charge in [-0.05, 0) is 5.53 Å². The summed E-state index contributed by atoms with van der Waals surface area (Å²) in [7, 11) is -4.45. The number of azide groups is 1. The Bertz CT molecular complexity index is 1240. The molecule has 2 N–H and O–H groups in total. The summed E-state index contributed by atoms with van der Waals surface area (Å²) < 4.78 is 50.6. The Labute approximate surface area is 256 Å². The first-order valence-corrected chi connectivity index (χ1v) is 16.5. The lowest BCUT2D eigenvalue weighted by Gasteiger charge is -2.27. The van der Waals surface area contributed by atoms with E-state index in [1.54, 1.807) is 41.5 Å². The van der Waals surface area contributed by atoms with Gasteiger partial charge in [-0.1, -0.05) is 70.2 Å². The van der Waals surface area contributed by atoms with E-state index in [1.165, 1.54) is 0 Å². The van der Waals surface area contributed by atoms with Gasteiger partial charge in [0.05, 0.1) is 26.4 Å². The highest BCUT2D eigenvalue weighted by molar-refractivity contribution is 8.14. The summed E-state index contributed by atoms with van der Waals surface area (Å²) in [5.41, 5.74) is 5.40. The summed E-state index contributed by atoms with van der Waals surface area (Å²) in [5.74, 6) is 0.184. The van der Waals surface area contributed by atoms with Crippen LogP contribution >= 0.6 is 31.3 Å². The molecule has 0 radical (unpaired) electrons. The summed E-state index contributed by atoms with van der Waals surface area (Å²) in [6.45, 7) is 8.37. The van der Waals surface area contributed by atoms with Crippen LogP contribution in [0, 0.1) is 10.8 Å². The van der Waals surface area contributed by atoms with Crippen molar-refractivity contribution in [2.75, 3.05) is 44.5 Å². The highest BCUT2D eigenvalue weighted by atomic mass is 32.2. The molecule has 0 unspecified atom stereocenters. The van der Waals surface area contributed by atoms with Crippen molar-refractivity contribution >= 4 is 41.6 Å². The quantitative estimate of drug-likeness (QED) is 0.0749. The maximum Gasteiger partial charge on any atom is 0.474 e. The van der Waals surface area contributed by atoms with Gasteiger partial charge in [-0.3, -0.25) is 37.5 Å². The first-order valence-electron chi connectivity index (χ1n) is 13.1. The monoisotopic (exact) mass is 671 g/mol. The molecule has 0 aliphatic heterocycles. The van der Waals surface area contributed by atoms with Gasteiger partial charge >= 0.3 is 13.5 Å². The zero-order chi connectivity index (χ0) is 32.8. The van der Waals surface area contributed by atoms with Crippen LogP contribution in [0.3, 0.4) is 0 Å². The van der Waals surface area contributed by atoms with Crippen LogP contribution in [-0.2, 0) is 32.5 Å². The Morgan fingerprint density at radius 1 is 1.07 bits per heavy atom. The number of hydrogen-bond donors (Lipinski definition) is 2. The van der Waals surface area contributed by atoms with Gasteiger partial charge < -0.3 is 9.84 Å². The van der Waals surface area contributed by atoms with E-state index < -0.39 is 55.0 Å². The van der Waals surface area contributed by atoms with E-state index in [1.807, 2.05) is 4.98 Å². The number of carbonyl (C=O) groups is 2. The SMILES string of the molecule is CC(C)(C)C(=O)SCCOP(=O)(OCCSC(=O)C(C)(C)C)OC[C@@H](O)[C@@H](F)[C@@H](OCCN=[N+]=[N-])n1ccc(=O)[nH]c1=O. The van der Waals surface area contributed by atoms with Crippen molar-refractivity contribution in [1.29, 1.82) is 0 Å². The third-order valence-corrected chi connectivity index (χ3v) is 9.02. The van der Waals surface area contributed by atoms with E-state index in [-0.39, 0.29) is 48.1 Å². The van der Waals surface area contributed by atoms with E-state index in [9.17, 15) is 28.8 Å². The zero-order valence-corrected chi connectivity index (χ0v) is 27.4. The van der Waals surface area contributed by atoms with Crippen LogP contribution in [0.25, 0.3) is 10.4 Å². The summed E-state index contributed by atoms with van der Waals surface area (Å²) >= 11 is 1.89. The molecule has 1 aromatic rings. The van der Waals surface area contributed by atoms with Crippen molar-refractivity contribution in [3.8, 4) is 0 Å². The second-order valence-electron chi connectivity index (χ2n) is 10.9. The van der Waals surface area contributed by atoms with Gasteiger partial charge in [-0.15, -0.1) is 0 Å². The molecular weight excluding hydrogens is 632 g/mol. The second kappa shape index (κ2) is 18.1. The number of phosphoric acid groups is 1. The van der Waals surface area contributed by atoms with Crippen molar-refractivity contribution in [1.82, 2.24) is 9.55 Å². The number of hydrogen-bond acceptors (Lipinski definition) is 13. The number of phosphoric ester groups is 1. The Morgan fingerprint density at radius 2 is 1.60 bits per heavy atom. The normalized spacial score (nSPS) is 14.5. The predicted octanol–water partition coefficient (Wildman–Crippen LogP) is 3.83. The predicted molar refractivity (Wildman–Crippen MR) is 161 cm³/mol. The lowest BCUT2D eigenvalue weighted by molar-refractivity contribution is -0.118. The zero-order valence-electron chi connectivity index (χ0n) is 24.9. The number of H-pyrrole nitrogens is 1. The van der Waals surface area contributed by atoms with E-state index in [4.69, 9.17) is 23.8 Å². The first kappa shape index (κ1) is 39.0. The molecule has 1 aromatic heterocycles. The minimum atomic E-state index is -4.45. The number of nitrogens with zero attached hydrogens (tertiary/aromatic N) is 4. The second-order valence-corrected chi connectivity index (χ2v) is 14.7. The molecule has 0 saturated heterocycles. The van der Waals surface area contributed by atoms with Gasteiger partial charge in [-0.2, -0.15) is 0 Å². The van der Waals surface area contributed by atoms with Crippen LogP contribution in [0.4, 0.5) is 4.39 Å². The van der Waals surface area contributed by atoms with E-state index in [2.05, 4.69) is 10.0 Å². The third-order valence-electron chi connectivity index (χ3n) is 5.07. The average Bonchev–Trinajstić information content (AvgIpc) is 2.91. The molecule has 0 amide bonds. The Hall–Kier alpha value is -2.01. The standard InChI is InChI=1S/C24H39FN5O10PS2/c1-23(2,3)20(33)42-13-11-38-41(36,39-12-14-43-21(34)24(4,5)6)40-15-16(31)18(25)19(37-10-8-27-29-26)30-9-7-17(32)28-22(30)35/h7,9,16,18-19,31H,8,10-15H2,1-6H3,(H,28,32,35)/t16-,18-,19-/m1/s1. The molecule has 1 rings (SSSR count). The topological polar surface area (TPSA) is 212 Å². The molecule has 15 nitrogen and oxygen atoms in total. The van der Waals surface area contributed by atoms with Crippen molar-refractivity contribution < 1.29 is 42.0 Å². The summed E-state index contributed by atoms with van der Waals surface area (Å²) in [4.78, 5) is 52.5. The van der Waals surface area contributed by atoms with Crippen LogP contribution in [0.5, 0.6) is 0 Å². The maximum atomic E-state index is 15.5. The molecule has 43 heavy (non-hydrogen) atoms. The van der Waals surface area contributed by atoms with Crippen LogP contribution in [0.15, 0.2) is 27.0 Å². The number of aromatic amines is 1. The molecule has 0 bridgehead atoms. The first-order chi connectivity index (χ1) is 19.9. The Kier molecular flexibility index (Phi) is 16.4. The third kappa shape index (κ3) is 14.5. The molecule has 0 spiro atoms. The molecule has 0 aliphatic carbocycles. The fourth-order valence-corrected chi connectivity index (χ4v) is 5.78. The van der Waals surface area contributed by atoms with E-state index in [0.29, 0.717) is 4.57 Å². The number of ether oxygens (including phenoxy) is 1. The van der Waals surface area contributed by atoms with E-state index in [0.717, 1.165) is 35.8 Å². The molecule has 0 aliphatic rings. The molecule has 19 heteroatoms. The van der Waals surface area contributed by atoms with Crippen LogP contribution < -0.4 is 11.2 Å². The number of aliphatic hydroxyl groups excluding tert-OH is 1. The number of thioether (sulfide) groups is 2. The number of alkyl halides is 1. The molecule has 0 saturated carbocycles. The molecule has 0 fully saturated rings. The number of carbonyl (C=O) groups excluding carboxylic acids is 2. The van der Waals surface area contributed by atoms with Gasteiger partial charge in [-0.25, -0.2) is 13.8 Å². The van der Waals surface area contributed by atoms with Crippen LogP contribution in [-0.4, -0.2) is 81.6 Å². The largest absolute Gasteiger partial charge is 0.474 e. The van der Waals surface area contributed by atoms with Crippen LogP contribution in [0.1, 0.15) is 47.8 Å². The highest BCUT2D eigenvalue weighted by Gasteiger charge is 2.35. The Morgan fingerprint density at radius 3 is 2.07 bits per heavy atom. The Balaban J connectivity index is 2.99. The fraction of sp³-hybridized carbons (Fsp3) is 0.750. The minimum Gasteiger partial charge on any atom is -0.387 e. The molecule has 1 heterocycles. The summed E-state index contributed by atoms with van der Waals surface area (Å²) in [5, 5.41) is 13.5. The van der Waals surface area contributed by atoms with Gasteiger partial charge in [0.1, 0.15) is 6.10 Å². The average molecular weight is 672 g/mol. The van der Waals surface area contributed by atoms with Gasteiger partial charge in [0, 0.05) is 46.1 Å². The summed E-state index contributed by atoms with van der Waals surface area (Å²) in [6, 6.07) is 0.932. The van der Waals surface area contributed by atoms with Gasteiger partial charge in [0.15, 0.2) is 22.6 Å². The number of rotatable bonds is 18. The summed E-state index contributed by atoms with van der Waals surface area (Å²) in [6.07, 6.45) is -5.30. The van der Waals surface area contributed by atoms with Crippen molar-refractivity contribution in [2.24, 2.45) is 15.9 Å². The number of aromatic nitrogens is 2. The number of nitrogens with one attached hydrogen (secondary N) is 1. The molecule has 244 valence electrons. The fourth-order valence-electron chi connectivity index (χ4n) is 2.77. The lowest BCUT2D eigenvalue weighted by Crippen LogP contribution is -2.42. The minimum absolute atomic E-state index is 0.0918. The van der Waals surface area contributed by atoms with Gasteiger partial charge in [0.25, 0.3) is 5.56 Å².